The van der Waals surface area contributed by atoms with E-state index >= 15 is 0 Å². The summed E-state index contributed by atoms with van der Waals surface area (Å²) >= 11 is 0. The minimum absolute atomic E-state index is 0.0371. The summed E-state index contributed by atoms with van der Waals surface area (Å²) in [7, 11) is 7.38. The Hall–Kier alpha value is -4.38. The highest BCUT2D eigenvalue weighted by molar-refractivity contribution is 6.02. The van der Waals surface area contributed by atoms with E-state index in [-0.39, 0.29) is 11.8 Å². The van der Waals surface area contributed by atoms with Crippen LogP contribution in [0.2, 0.25) is 0 Å². The van der Waals surface area contributed by atoms with Gasteiger partial charge < -0.3 is 20.3 Å². The van der Waals surface area contributed by atoms with Crippen LogP contribution in [0.4, 0.5) is 23.0 Å². The molecule has 0 aliphatic carbocycles. The molecule has 0 aliphatic rings. The van der Waals surface area contributed by atoms with Gasteiger partial charge in [0.15, 0.2) is 23.2 Å². The second-order valence-electron chi connectivity index (χ2n) is 8.75. The van der Waals surface area contributed by atoms with Crippen LogP contribution in [0.15, 0.2) is 48.9 Å². The Balaban J connectivity index is 1.66. The largest absolute Gasteiger partial charge is 0.494 e. The van der Waals surface area contributed by atoms with Crippen molar-refractivity contribution in [3.05, 3.63) is 60.2 Å². The summed E-state index contributed by atoms with van der Waals surface area (Å²) in [5.41, 5.74) is 3.31. The average Bonchev–Trinajstić information content (AvgIpc) is 3.34. The molecule has 11 heteroatoms. The van der Waals surface area contributed by atoms with E-state index in [2.05, 4.69) is 47.7 Å². The van der Waals surface area contributed by atoms with Gasteiger partial charge >= 0.3 is 0 Å². The molecule has 0 fully saturated rings. The Labute approximate surface area is 215 Å². The third-order valence-electron chi connectivity index (χ3n) is 6.00. The number of pyridine rings is 1. The number of nitrogens with one attached hydrogen (secondary N) is 2. The number of benzene rings is 1. The number of Topliss-reactive ketones (excluding diaryl/α,β-unsaturated/α-hetero) is 1. The Morgan fingerprint density at radius 1 is 1.08 bits per heavy atom. The minimum atomic E-state index is -0.0371. The number of carbonyl (C=O) groups excluding carboxylic acids is 1. The van der Waals surface area contributed by atoms with Gasteiger partial charge in [0.25, 0.3) is 0 Å². The molecule has 1 aromatic carbocycles. The van der Waals surface area contributed by atoms with E-state index in [4.69, 9.17) is 4.74 Å². The first-order chi connectivity index (χ1) is 17.8. The molecule has 3 heterocycles. The zero-order chi connectivity index (χ0) is 26.5. The van der Waals surface area contributed by atoms with Gasteiger partial charge in [-0.2, -0.15) is 10.2 Å². The van der Waals surface area contributed by atoms with Crippen molar-refractivity contribution in [2.24, 2.45) is 7.05 Å². The van der Waals surface area contributed by atoms with Crippen molar-refractivity contribution in [2.75, 3.05) is 31.8 Å². The number of hydrogen-bond donors (Lipinski definition) is 2. The lowest BCUT2D eigenvalue weighted by atomic mass is 10.1. The fraction of sp³-hybridized carbons (Fsp3) is 0.308. The van der Waals surface area contributed by atoms with E-state index in [1.807, 2.05) is 51.4 Å². The molecule has 1 unspecified atom stereocenters. The van der Waals surface area contributed by atoms with Gasteiger partial charge in [-0.25, -0.2) is 9.97 Å². The predicted molar refractivity (Wildman–Crippen MR) is 143 cm³/mol. The maximum absolute atomic E-state index is 12.7. The highest BCUT2D eigenvalue weighted by atomic mass is 16.5. The van der Waals surface area contributed by atoms with E-state index in [0.29, 0.717) is 46.6 Å². The molecule has 4 aromatic rings. The van der Waals surface area contributed by atoms with Crippen molar-refractivity contribution < 1.29 is 9.53 Å². The number of carbonyl (C=O) groups is 1. The van der Waals surface area contributed by atoms with Crippen LogP contribution in [0.3, 0.4) is 0 Å². The second-order valence-corrected chi connectivity index (χ2v) is 8.75. The van der Waals surface area contributed by atoms with Crippen LogP contribution in [0.25, 0.3) is 11.4 Å². The number of ether oxygens (including phenoxy) is 1. The molecule has 0 amide bonds. The van der Waals surface area contributed by atoms with E-state index in [9.17, 15) is 4.79 Å². The first-order valence-corrected chi connectivity index (χ1v) is 11.9. The van der Waals surface area contributed by atoms with Gasteiger partial charge in [-0.3, -0.25) is 9.48 Å². The molecule has 3 aromatic heterocycles. The summed E-state index contributed by atoms with van der Waals surface area (Å²) in [5, 5.41) is 19.5. The topological polar surface area (TPSA) is 123 Å². The van der Waals surface area contributed by atoms with Crippen molar-refractivity contribution in [1.82, 2.24) is 34.8 Å². The van der Waals surface area contributed by atoms with Gasteiger partial charge in [-0.05, 0) is 45.3 Å². The number of para-hydroxylation sites is 1. The lowest BCUT2D eigenvalue weighted by Gasteiger charge is -2.18. The first kappa shape index (κ1) is 25.7. The van der Waals surface area contributed by atoms with Crippen molar-refractivity contribution in [3.63, 3.8) is 0 Å². The van der Waals surface area contributed by atoms with Crippen LogP contribution in [0.1, 0.15) is 42.4 Å². The normalized spacial score (nSPS) is 11.9. The van der Waals surface area contributed by atoms with Crippen LogP contribution in [0.5, 0.6) is 5.75 Å². The van der Waals surface area contributed by atoms with Crippen LogP contribution < -0.4 is 15.4 Å². The summed E-state index contributed by atoms with van der Waals surface area (Å²) in [6.45, 7) is 3.88. The molecule has 0 radical (unpaired) electrons. The molecule has 2 N–H and O–H groups in total. The number of hydrogen-bond acceptors (Lipinski definition) is 10. The molecule has 4 rings (SSSR count). The van der Waals surface area contributed by atoms with Crippen LogP contribution in [-0.4, -0.2) is 61.8 Å². The summed E-state index contributed by atoms with van der Waals surface area (Å²) in [5.74, 6) is 2.12. The standard InChI is InChI=1S/C26H31N9O2/c1-7-22(36)18-14-27-24(30-23-12-11-19(31-32-23)16(2)34(3)4)13-21(18)29-20-10-8-9-17(25(20)37-6)26-28-15-35(5)33-26/h8-16H,7H2,1-6H3,(H2,27,29,30,32). The lowest BCUT2D eigenvalue weighted by Crippen LogP contribution is -2.18. The molecule has 0 bridgehead atoms. The van der Waals surface area contributed by atoms with E-state index in [1.165, 1.54) is 0 Å². The number of ketones is 1. The summed E-state index contributed by atoms with van der Waals surface area (Å²) in [6, 6.07) is 11.3. The molecular formula is C26H31N9O2. The minimum Gasteiger partial charge on any atom is -0.494 e. The summed E-state index contributed by atoms with van der Waals surface area (Å²) in [6.07, 6.45) is 3.53. The van der Waals surface area contributed by atoms with E-state index in [0.717, 1.165) is 11.3 Å². The predicted octanol–water partition coefficient (Wildman–Crippen LogP) is 4.38. The van der Waals surface area contributed by atoms with Gasteiger partial charge in [0, 0.05) is 25.7 Å². The smallest absolute Gasteiger partial charge is 0.184 e. The first-order valence-electron chi connectivity index (χ1n) is 11.9. The van der Waals surface area contributed by atoms with Crippen molar-refractivity contribution in [1.29, 1.82) is 0 Å². The SMILES string of the molecule is CCC(=O)c1cnc(Nc2ccc(C(C)N(C)C)nn2)cc1Nc1cccc(-c2ncn(C)n2)c1OC. The maximum atomic E-state index is 12.7. The fourth-order valence-corrected chi connectivity index (χ4v) is 3.71. The number of rotatable bonds is 10. The molecule has 0 saturated carbocycles. The zero-order valence-electron chi connectivity index (χ0n) is 21.9. The lowest BCUT2D eigenvalue weighted by molar-refractivity contribution is 0.0988. The average molecular weight is 502 g/mol. The van der Waals surface area contributed by atoms with Crippen molar-refractivity contribution in [3.8, 4) is 17.1 Å². The molecule has 11 nitrogen and oxygen atoms in total. The fourth-order valence-electron chi connectivity index (χ4n) is 3.71. The Kier molecular flexibility index (Phi) is 7.73. The molecule has 1 atom stereocenters. The van der Waals surface area contributed by atoms with Gasteiger partial charge in [-0.1, -0.05) is 13.0 Å². The number of aromatic nitrogens is 6. The highest BCUT2D eigenvalue weighted by Crippen LogP contribution is 2.37. The third kappa shape index (κ3) is 5.72. The van der Waals surface area contributed by atoms with Crippen LogP contribution in [0, 0.1) is 0 Å². The molecule has 0 spiro atoms. The van der Waals surface area contributed by atoms with Crippen molar-refractivity contribution >= 4 is 28.8 Å². The van der Waals surface area contributed by atoms with Crippen molar-refractivity contribution in [2.45, 2.75) is 26.3 Å². The van der Waals surface area contributed by atoms with Crippen LogP contribution in [-0.2, 0) is 7.05 Å². The number of methoxy groups -OCH3 is 1. The number of aryl methyl sites for hydroxylation is 1. The Morgan fingerprint density at radius 2 is 1.89 bits per heavy atom. The molecule has 0 aliphatic heterocycles. The number of nitrogens with zero attached hydrogens (tertiary/aromatic N) is 7. The molecule has 192 valence electrons. The highest BCUT2D eigenvalue weighted by Gasteiger charge is 2.18. The summed E-state index contributed by atoms with van der Waals surface area (Å²) in [4.78, 5) is 23.6. The second kappa shape index (κ2) is 11.1. The van der Waals surface area contributed by atoms with Gasteiger partial charge in [0.1, 0.15) is 12.1 Å². The van der Waals surface area contributed by atoms with E-state index < -0.39 is 0 Å². The van der Waals surface area contributed by atoms with Gasteiger partial charge in [-0.15, -0.1) is 5.10 Å². The third-order valence-corrected chi connectivity index (χ3v) is 6.00. The van der Waals surface area contributed by atoms with Gasteiger partial charge in [0.2, 0.25) is 0 Å². The quantitative estimate of drug-likeness (QED) is 0.303. The van der Waals surface area contributed by atoms with Gasteiger partial charge in [0.05, 0.1) is 41.3 Å². The maximum Gasteiger partial charge on any atom is 0.184 e. The van der Waals surface area contributed by atoms with E-state index in [1.54, 1.807) is 37.4 Å². The molecule has 0 saturated heterocycles. The monoisotopic (exact) mass is 501 g/mol. The summed E-state index contributed by atoms with van der Waals surface area (Å²) < 4.78 is 7.35. The Morgan fingerprint density at radius 3 is 2.51 bits per heavy atom. The van der Waals surface area contributed by atoms with Crippen LogP contribution >= 0.6 is 0 Å². The molecule has 37 heavy (non-hydrogen) atoms. The zero-order valence-corrected chi connectivity index (χ0v) is 21.9. The number of anilines is 4. The Bertz CT molecular complexity index is 1380. The molecular weight excluding hydrogens is 470 g/mol.